The van der Waals surface area contributed by atoms with E-state index >= 15 is 0 Å². The monoisotopic (exact) mass is 489 g/mol. The number of sulfonamides is 1. The lowest BCUT2D eigenvalue weighted by Crippen LogP contribution is -2.40. The minimum atomic E-state index is -4.59. The van der Waals surface area contributed by atoms with Gasteiger partial charge in [-0.05, 0) is 43.7 Å². The number of benzene rings is 3. The molecule has 0 unspecified atom stereocenters. The van der Waals surface area contributed by atoms with Crippen molar-refractivity contribution in [3.63, 3.8) is 0 Å². The Labute approximate surface area is 195 Å². The van der Waals surface area contributed by atoms with Crippen molar-refractivity contribution >= 4 is 27.8 Å². The summed E-state index contributed by atoms with van der Waals surface area (Å²) in [6.45, 7) is 2.90. The first-order chi connectivity index (χ1) is 16.0. The van der Waals surface area contributed by atoms with Crippen LogP contribution < -0.4 is 9.73 Å². The topological polar surface area (TPSA) is 78.8 Å². The number of anilines is 1. The Morgan fingerprint density at radius 2 is 1.59 bits per heavy atom. The van der Waals surface area contributed by atoms with Gasteiger partial charge in [0.25, 0.3) is 15.9 Å². The Hall–Kier alpha value is -3.66. The molecule has 3 rings (SSSR count). The summed E-state index contributed by atoms with van der Waals surface area (Å²) in [7, 11) is -4.12. The number of carbonyl (C=O) groups excluding carboxylic acids is 1. The summed E-state index contributed by atoms with van der Waals surface area (Å²) < 4.78 is 67.1. The predicted octanol–water partition coefficient (Wildman–Crippen LogP) is 4.67. The molecule has 10 heteroatoms. The number of hydrogen-bond acceptors (Lipinski definition) is 4. The minimum absolute atomic E-state index is 0.00300. The van der Waals surface area contributed by atoms with E-state index in [2.05, 4.69) is 10.5 Å². The van der Waals surface area contributed by atoms with E-state index in [1.807, 2.05) is 6.92 Å². The number of hydrazone groups is 1. The van der Waals surface area contributed by atoms with Crippen LogP contribution in [0.15, 0.2) is 82.8 Å². The molecule has 3 aromatic rings. The average molecular weight is 490 g/mol. The lowest BCUT2D eigenvalue weighted by atomic mass is 10.1. The molecule has 0 aliphatic heterocycles. The van der Waals surface area contributed by atoms with Gasteiger partial charge in [0.2, 0.25) is 0 Å². The molecule has 1 N–H and O–H groups in total. The molecule has 0 atom stereocenters. The maximum Gasteiger partial charge on any atom is 0.417 e. The molecule has 3 aromatic carbocycles. The van der Waals surface area contributed by atoms with E-state index in [9.17, 15) is 26.4 Å². The number of hydrogen-bond donors (Lipinski definition) is 1. The molecule has 0 fully saturated rings. The average Bonchev–Trinajstić information content (AvgIpc) is 2.78. The van der Waals surface area contributed by atoms with Crippen LogP contribution in [0.2, 0.25) is 0 Å². The normalized spacial score (nSPS) is 12.0. The molecule has 0 aromatic heterocycles. The predicted molar refractivity (Wildman–Crippen MR) is 124 cm³/mol. The SMILES string of the molecule is Cc1ccc(S(=O)(=O)N(CC(=O)N/N=C\c2ccccc2C(F)(F)F)c2ccccc2C)cc1. The van der Waals surface area contributed by atoms with Crippen LogP contribution in [0.5, 0.6) is 0 Å². The van der Waals surface area contributed by atoms with Crippen molar-refractivity contribution in [1.82, 2.24) is 5.43 Å². The molecule has 0 radical (unpaired) electrons. The Morgan fingerprint density at radius 1 is 0.971 bits per heavy atom. The third-order valence-corrected chi connectivity index (χ3v) is 6.71. The maximum atomic E-state index is 13.4. The molecule has 6 nitrogen and oxygen atoms in total. The number of carbonyl (C=O) groups is 1. The summed E-state index contributed by atoms with van der Waals surface area (Å²) in [5.41, 5.74) is 2.76. The van der Waals surface area contributed by atoms with Gasteiger partial charge in [-0.25, -0.2) is 13.8 Å². The molecule has 0 saturated carbocycles. The van der Waals surface area contributed by atoms with E-state index in [-0.39, 0.29) is 10.5 Å². The second kappa shape index (κ2) is 10.1. The van der Waals surface area contributed by atoms with Crippen molar-refractivity contribution in [2.45, 2.75) is 24.9 Å². The van der Waals surface area contributed by atoms with Crippen LogP contribution in [0.1, 0.15) is 22.3 Å². The summed E-state index contributed by atoms with van der Waals surface area (Å²) in [6, 6.07) is 17.6. The molecule has 0 saturated heterocycles. The summed E-state index contributed by atoms with van der Waals surface area (Å²) >= 11 is 0. The number of nitrogens with zero attached hydrogens (tertiary/aromatic N) is 2. The highest BCUT2D eigenvalue weighted by Gasteiger charge is 2.32. The zero-order valence-electron chi connectivity index (χ0n) is 18.4. The maximum absolute atomic E-state index is 13.4. The standard InChI is InChI=1S/C24H22F3N3O3S/c1-17-11-13-20(14-12-17)34(32,33)30(22-10-6-3-7-18(22)2)16-23(31)29-28-15-19-8-4-5-9-21(19)24(25,26)27/h3-15H,16H2,1-2H3,(H,29,31)/b28-15-. The van der Waals surface area contributed by atoms with Gasteiger partial charge in [-0.3, -0.25) is 9.10 Å². The van der Waals surface area contributed by atoms with Gasteiger partial charge in [0.15, 0.2) is 0 Å². The number of aryl methyl sites for hydroxylation is 2. The molecule has 0 spiro atoms. The van der Waals surface area contributed by atoms with Crippen molar-refractivity contribution in [3.05, 3.63) is 95.1 Å². The van der Waals surface area contributed by atoms with Crippen molar-refractivity contribution in [2.24, 2.45) is 5.10 Å². The van der Waals surface area contributed by atoms with E-state index in [0.29, 0.717) is 11.3 Å². The van der Waals surface area contributed by atoms with Gasteiger partial charge in [-0.15, -0.1) is 0 Å². The van der Waals surface area contributed by atoms with E-state index in [4.69, 9.17) is 0 Å². The Kier molecular flexibility index (Phi) is 7.41. The summed E-state index contributed by atoms with van der Waals surface area (Å²) in [5.74, 6) is -0.820. The summed E-state index contributed by atoms with van der Waals surface area (Å²) in [6.07, 6.45) is -3.72. The number of nitrogens with one attached hydrogen (secondary N) is 1. The Balaban J connectivity index is 1.87. The molecule has 0 aliphatic carbocycles. The fraction of sp³-hybridized carbons (Fsp3) is 0.167. The molecular weight excluding hydrogens is 467 g/mol. The van der Waals surface area contributed by atoms with Crippen LogP contribution in [0.25, 0.3) is 0 Å². The highest BCUT2D eigenvalue weighted by atomic mass is 32.2. The molecule has 0 heterocycles. The molecule has 178 valence electrons. The van der Waals surface area contributed by atoms with Gasteiger partial charge < -0.3 is 0 Å². The highest BCUT2D eigenvalue weighted by Crippen LogP contribution is 2.31. The van der Waals surface area contributed by atoms with Crippen LogP contribution in [0.3, 0.4) is 0 Å². The molecule has 1 amide bonds. The first-order valence-corrected chi connectivity index (χ1v) is 11.6. The van der Waals surface area contributed by atoms with Crippen LogP contribution >= 0.6 is 0 Å². The number of alkyl halides is 3. The minimum Gasteiger partial charge on any atom is -0.271 e. The zero-order chi connectivity index (χ0) is 24.9. The van der Waals surface area contributed by atoms with Gasteiger partial charge in [-0.2, -0.15) is 18.3 Å². The second-order valence-electron chi connectivity index (χ2n) is 7.49. The molecule has 0 aliphatic rings. The van der Waals surface area contributed by atoms with Crippen molar-refractivity contribution < 1.29 is 26.4 Å². The van der Waals surface area contributed by atoms with E-state index < -0.39 is 34.2 Å². The van der Waals surface area contributed by atoms with E-state index in [0.717, 1.165) is 22.1 Å². The highest BCUT2D eigenvalue weighted by molar-refractivity contribution is 7.92. The molecule has 34 heavy (non-hydrogen) atoms. The summed E-state index contributed by atoms with van der Waals surface area (Å²) in [5, 5.41) is 3.61. The van der Waals surface area contributed by atoms with Gasteiger partial charge in [0.05, 0.1) is 22.4 Å². The largest absolute Gasteiger partial charge is 0.417 e. The summed E-state index contributed by atoms with van der Waals surface area (Å²) in [4.78, 5) is 12.6. The van der Waals surface area contributed by atoms with Crippen LogP contribution in [0.4, 0.5) is 18.9 Å². The first-order valence-electron chi connectivity index (χ1n) is 10.1. The lowest BCUT2D eigenvalue weighted by molar-refractivity contribution is -0.137. The van der Waals surface area contributed by atoms with Gasteiger partial charge in [0, 0.05) is 5.56 Å². The van der Waals surface area contributed by atoms with Crippen molar-refractivity contribution in [1.29, 1.82) is 0 Å². The third kappa shape index (κ3) is 5.82. The van der Waals surface area contributed by atoms with Crippen LogP contribution in [-0.2, 0) is 21.0 Å². The number of rotatable bonds is 7. The van der Waals surface area contributed by atoms with Crippen LogP contribution in [0, 0.1) is 13.8 Å². The number of amides is 1. The Bertz CT molecular complexity index is 1300. The zero-order valence-corrected chi connectivity index (χ0v) is 19.2. The second-order valence-corrected chi connectivity index (χ2v) is 9.35. The number of para-hydroxylation sites is 1. The quantitative estimate of drug-likeness (QED) is 0.387. The fourth-order valence-electron chi connectivity index (χ4n) is 3.19. The van der Waals surface area contributed by atoms with Crippen LogP contribution in [-0.4, -0.2) is 27.1 Å². The fourth-order valence-corrected chi connectivity index (χ4v) is 4.67. The van der Waals surface area contributed by atoms with Crippen molar-refractivity contribution in [2.75, 3.05) is 10.8 Å². The smallest absolute Gasteiger partial charge is 0.271 e. The number of halogens is 3. The van der Waals surface area contributed by atoms with Gasteiger partial charge in [-0.1, -0.05) is 54.1 Å². The molecule has 0 bridgehead atoms. The van der Waals surface area contributed by atoms with Crippen molar-refractivity contribution in [3.8, 4) is 0 Å². The first kappa shape index (κ1) is 25.0. The van der Waals surface area contributed by atoms with E-state index in [1.54, 1.807) is 43.3 Å². The molecular formula is C24H22F3N3O3S. The lowest BCUT2D eigenvalue weighted by Gasteiger charge is -2.25. The Morgan fingerprint density at radius 3 is 2.24 bits per heavy atom. The van der Waals surface area contributed by atoms with Gasteiger partial charge >= 0.3 is 6.18 Å². The third-order valence-electron chi connectivity index (χ3n) is 4.94. The van der Waals surface area contributed by atoms with E-state index in [1.165, 1.54) is 30.3 Å². The van der Waals surface area contributed by atoms with Gasteiger partial charge in [0.1, 0.15) is 6.54 Å².